The molecular weight excluding hydrogens is 344 g/mol. The zero-order valence-electron chi connectivity index (χ0n) is 11.2. The Bertz CT molecular complexity index is 800. The van der Waals surface area contributed by atoms with Crippen molar-refractivity contribution in [3.05, 3.63) is 64.1 Å². The monoisotopic (exact) mass is 352 g/mol. The van der Waals surface area contributed by atoms with E-state index in [0.29, 0.717) is 16.8 Å². The fourth-order valence-electron chi connectivity index (χ4n) is 1.74. The second kappa shape index (κ2) is 7.16. The van der Waals surface area contributed by atoms with Crippen molar-refractivity contribution in [3.63, 3.8) is 0 Å². The van der Waals surface area contributed by atoms with Crippen LogP contribution in [-0.4, -0.2) is 11.5 Å². The lowest BCUT2D eigenvalue weighted by Crippen LogP contribution is -2.06. The molecule has 0 bridgehead atoms. The van der Waals surface area contributed by atoms with E-state index in [0.717, 1.165) is 4.47 Å². The first-order valence-corrected chi connectivity index (χ1v) is 6.98. The summed E-state index contributed by atoms with van der Waals surface area (Å²) < 4.78 is 0.738. The molecule has 0 amide bonds. The fourth-order valence-corrected chi connectivity index (χ4v) is 2.10. The van der Waals surface area contributed by atoms with Crippen LogP contribution in [0.4, 0.5) is 5.69 Å². The number of nitrogens with one attached hydrogen (secondary N) is 1. The first-order chi connectivity index (χ1) is 10.7. The number of anilines is 1. The minimum atomic E-state index is -0.318. The maximum absolute atomic E-state index is 12.6. The number of nitrogens with zero attached hydrogens (tertiary/aromatic N) is 3. The van der Waals surface area contributed by atoms with Gasteiger partial charge in [-0.1, -0.05) is 46.3 Å². The van der Waals surface area contributed by atoms with E-state index >= 15 is 0 Å². The molecule has 22 heavy (non-hydrogen) atoms. The van der Waals surface area contributed by atoms with Crippen LogP contribution in [0, 0.1) is 22.7 Å². The van der Waals surface area contributed by atoms with Gasteiger partial charge in [-0.05, 0) is 18.2 Å². The highest BCUT2D eigenvalue weighted by Gasteiger charge is 2.14. The summed E-state index contributed by atoms with van der Waals surface area (Å²) in [7, 11) is 0. The molecule has 0 saturated carbocycles. The summed E-state index contributed by atoms with van der Waals surface area (Å²) in [5.74, 6) is -0.185. The molecule has 1 N–H and O–H groups in total. The summed E-state index contributed by atoms with van der Waals surface area (Å²) in [5, 5.41) is 21.0. The summed E-state index contributed by atoms with van der Waals surface area (Å²) >= 11 is 3.32. The lowest BCUT2D eigenvalue weighted by atomic mass is 10.0. The molecule has 0 atom stereocenters. The predicted octanol–water partition coefficient (Wildman–Crippen LogP) is 3.50. The maximum atomic E-state index is 12.6. The topological polar surface area (TPSA) is 89.0 Å². The van der Waals surface area contributed by atoms with E-state index in [1.165, 1.54) is 0 Å². The van der Waals surface area contributed by atoms with Gasteiger partial charge >= 0.3 is 0 Å². The highest BCUT2D eigenvalue weighted by atomic mass is 79.9. The number of hydrazone groups is 1. The number of rotatable bonds is 4. The minimum Gasteiger partial charge on any atom is -0.289 e. The fraction of sp³-hybridized carbons (Fsp3) is 0. The molecule has 0 aliphatic heterocycles. The molecule has 0 aliphatic carbocycles. The quantitative estimate of drug-likeness (QED) is 0.518. The van der Waals surface area contributed by atoms with Crippen LogP contribution in [0.2, 0.25) is 0 Å². The molecule has 6 heteroatoms. The lowest BCUT2D eigenvalue weighted by molar-refractivity contribution is 0.103. The van der Waals surface area contributed by atoms with E-state index in [1.807, 2.05) is 6.07 Å². The van der Waals surface area contributed by atoms with Gasteiger partial charge < -0.3 is 0 Å². The summed E-state index contributed by atoms with van der Waals surface area (Å²) in [5.41, 5.74) is 3.62. The van der Waals surface area contributed by atoms with Gasteiger partial charge in [0.15, 0.2) is 5.78 Å². The van der Waals surface area contributed by atoms with Gasteiger partial charge in [0.25, 0.3) is 0 Å². The Morgan fingerprint density at radius 3 is 2.41 bits per heavy atom. The van der Waals surface area contributed by atoms with Crippen LogP contribution in [0.15, 0.2) is 58.1 Å². The summed E-state index contributed by atoms with van der Waals surface area (Å²) in [6, 6.07) is 17.1. The molecule has 0 radical (unpaired) electrons. The third-order valence-electron chi connectivity index (χ3n) is 2.76. The Labute approximate surface area is 135 Å². The molecule has 0 aromatic heterocycles. The Morgan fingerprint density at radius 1 is 1.09 bits per heavy atom. The molecule has 2 rings (SSSR count). The van der Waals surface area contributed by atoms with Crippen LogP contribution in [0.25, 0.3) is 0 Å². The number of nitriles is 2. The van der Waals surface area contributed by atoms with Crippen molar-refractivity contribution in [2.45, 2.75) is 0 Å². The van der Waals surface area contributed by atoms with Crippen LogP contribution in [0.5, 0.6) is 0 Å². The lowest BCUT2D eigenvalue weighted by Gasteiger charge is -2.08. The highest BCUT2D eigenvalue weighted by Crippen LogP contribution is 2.24. The van der Waals surface area contributed by atoms with Crippen molar-refractivity contribution in [3.8, 4) is 12.1 Å². The number of benzene rings is 2. The van der Waals surface area contributed by atoms with Gasteiger partial charge in [-0.25, -0.2) is 0 Å². The number of carbonyl (C=O) groups is 1. The van der Waals surface area contributed by atoms with Gasteiger partial charge in [-0.3, -0.25) is 10.2 Å². The molecule has 0 fully saturated rings. The van der Waals surface area contributed by atoms with Crippen molar-refractivity contribution in [2.24, 2.45) is 5.10 Å². The van der Waals surface area contributed by atoms with Crippen LogP contribution < -0.4 is 5.43 Å². The Hall–Kier alpha value is -2.96. The Kier molecular flexibility index (Phi) is 5.02. The molecule has 0 unspecified atom stereocenters. The molecular formula is C16H9BrN4O. The molecule has 5 nitrogen and oxygen atoms in total. The van der Waals surface area contributed by atoms with Crippen molar-refractivity contribution in [2.75, 3.05) is 5.43 Å². The molecule has 0 aliphatic rings. The zero-order valence-corrected chi connectivity index (χ0v) is 12.8. The standard InChI is InChI=1S/C16H9BrN4O/c17-12-6-7-15(21-20-13(9-18)10-19)14(8-12)16(22)11-4-2-1-3-5-11/h1-8,21H. The molecule has 0 spiro atoms. The largest absolute Gasteiger partial charge is 0.289 e. The number of carbonyl (C=O) groups excluding carboxylic acids is 1. The van der Waals surface area contributed by atoms with E-state index in [2.05, 4.69) is 26.5 Å². The number of halogens is 1. The molecule has 2 aromatic carbocycles. The van der Waals surface area contributed by atoms with Crippen LogP contribution in [-0.2, 0) is 0 Å². The summed E-state index contributed by atoms with van der Waals surface area (Å²) in [6.07, 6.45) is 0. The second-order valence-corrected chi connectivity index (χ2v) is 5.10. The van der Waals surface area contributed by atoms with E-state index in [-0.39, 0.29) is 11.5 Å². The summed E-state index contributed by atoms with van der Waals surface area (Å²) in [6.45, 7) is 0. The summed E-state index contributed by atoms with van der Waals surface area (Å²) in [4.78, 5) is 12.6. The number of ketones is 1. The molecule has 106 valence electrons. The second-order valence-electron chi connectivity index (χ2n) is 4.18. The Morgan fingerprint density at radius 2 is 1.77 bits per heavy atom. The van der Waals surface area contributed by atoms with Crippen molar-refractivity contribution in [1.82, 2.24) is 0 Å². The number of hydrogen-bond acceptors (Lipinski definition) is 5. The third kappa shape index (κ3) is 3.57. The van der Waals surface area contributed by atoms with Crippen LogP contribution in [0.1, 0.15) is 15.9 Å². The first kappa shape index (κ1) is 15.4. The zero-order chi connectivity index (χ0) is 15.9. The molecule has 2 aromatic rings. The van der Waals surface area contributed by atoms with Gasteiger partial charge in [0.2, 0.25) is 5.71 Å². The van der Waals surface area contributed by atoms with Crippen molar-refractivity contribution >= 4 is 33.1 Å². The van der Waals surface area contributed by atoms with Gasteiger partial charge in [0.05, 0.1) is 5.69 Å². The van der Waals surface area contributed by atoms with Gasteiger partial charge in [0, 0.05) is 15.6 Å². The smallest absolute Gasteiger partial charge is 0.237 e. The normalized spacial score (nSPS) is 9.23. The third-order valence-corrected chi connectivity index (χ3v) is 3.26. The van der Waals surface area contributed by atoms with Crippen molar-refractivity contribution < 1.29 is 4.79 Å². The first-order valence-electron chi connectivity index (χ1n) is 6.19. The SMILES string of the molecule is N#CC(C#N)=NNc1ccc(Br)cc1C(=O)c1ccccc1. The molecule has 0 saturated heterocycles. The van der Waals surface area contributed by atoms with E-state index in [9.17, 15) is 4.79 Å². The van der Waals surface area contributed by atoms with Crippen LogP contribution >= 0.6 is 15.9 Å². The van der Waals surface area contributed by atoms with E-state index in [1.54, 1.807) is 54.6 Å². The van der Waals surface area contributed by atoms with Gasteiger partial charge in [-0.15, -0.1) is 0 Å². The van der Waals surface area contributed by atoms with Crippen LogP contribution in [0.3, 0.4) is 0 Å². The highest BCUT2D eigenvalue weighted by molar-refractivity contribution is 9.10. The van der Waals surface area contributed by atoms with E-state index in [4.69, 9.17) is 10.5 Å². The van der Waals surface area contributed by atoms with Gasteiger partial charge in [0.1, 0.15) is 12.1 Å². The minimum absolute atomic E-state index is 0.185. The maximum Gasteiger partial charge on any atom is 0.237 e. The van der Waals surface area contributed by atoms with Crippen molar-refractivity contribution in [1.29, 1.82) is 10.5 Å². The molecule has 0 heterocycles. The average Bonchev–Trinajstić information content (AvgIpc) is 2.57. The van der Waals surface area contributed by atoms with E-state index < -0.39 is 0 Å². The number of hydrogen-bond donors (Lipinski definition) is 1. The van der Waals surface area contributed by atoms with Gasteiger partial charge in [-0.2, -0.15) is 15.6 Å². The predicted molar refractivity (Wildman–Crippen MR) is 86.3 cm³/mol. The average molecular weight is 353 g/mol. The Balaban J connectivity index is 2.41.